The predicted octanol–water partition coefficient (Wildman–Crippen LogP) is 2.36. The molecule has 6 N–H and O–H groups in total. The molecule has 5 nitrogen and oxygen atoms in total. The van der Waals surface area contributed by atoms with Gasteiger partial charge in [-0.2, -0.15) is 0 Å². The lowest BCUT2D eigenvalue weighted by Gasteiger charge is -2.01. The van der Waals surface area contributed by atoms with Crippen LogP contribution in [0.25, 0.3) is 10.9 Å². The molecule has 0 aliphatic carbocycles. The number of nitrogens with zero attached hydrogens (tertiary/aromatic N) is 1. The predicted molar refractivity (Wildman–Crippen MR) is 90.2 cm³/mol. The van der Waals surface area contributed by atoms with Crippen molar-refractivity contribution < 1.29 is 0 Å². The summed E-state index contributed by atoms with van der Waals surface area (Å²) in [5.74, 6) is 0.541. The van der Waals surface area contributed by atoms with Gasteiger partial charge in [-0.3, -0.25) is 10.4 Å². The van der Waals surface area contributed by atoms with E-state index in [1.54, 1.807) is 0 Å². The molecular weight excluding hydrogens is 274 g/mol. The molecule has 0 unspecified atom stereocenters. The van der Waals surface area contributed by atoms with Gasteiger partial charge in [0, 0.05) is 16.5 Å². The molecule has 0 amide bonds. The number of aliphatic imine (C=N–C) groups is 1. The van der Waals surface area contributed by atoms with Crippen molar-refractivity contribution in [2.75, 3.05) is 0 Å². The van der Waals surface area contributed by atoms with E-state index in [0.717, 1.165) is 22.2 Å². The highest BCUT2D eigenvalue weighted by molar-refractivity contribution is 6.00. The quantitative estimate of drug-likeness (QED) is 0.438. The highest BCUT2D eigenvalue weighted by Crippen LogP contribution is 2.14. The fourth-order valence-electron chi connectivity index (χ4n) is 2.26. The van der Waals surface area contributed by atoms with Gasteiger partial charge in [-0.1, -0.05) is 42.5 Å². The first-order valence-electron chi connectivity index (χ1n) is 6.95. The fourth-order valence-corrected chi connectivity index (χ4v) is 2.26. The minimum atomic E-state index is 0.0626. The molecule has 0 spiro atoms. The summed E-state index contributed by atoms with van der Waals surface area (Å²) in [6, 6.07) is 17.4. The van der Waals surface area contributed by atoms with E-state index in [4.69, 9.17) is 16.9 Å². The van der Waals surface area contributed by atoms with Crippen molar-refractivity contribution in [3.8, 4) is 0 Å². The fraction of sp³-hybridized carbons (Fsp3) is 0.0588. The summed E-state index contributed by atoms with van der Waals surface area (Å²) in [5, 5.41) is 8.48. The van der Waals surface area contributed by atoms with Crippen molar-refractivity contribution in [1.29, 1.82) is 5.41 Å². The SMILES string of the molecule is N=C(N)c1ccc(CN=C(N)c2cc3ccccc3[nH]2)cc1. The Balaban J connectivity index is 1.77. The number of nitrogen functional groups attached to an aromatic ring is 1. The van der Waals surface area contributed by atoms with E-state index in [9.17, 15) is 0 Å². The molecule has 0 bridgehead atoms. The summed E-state index contributed by atoms with van der Waals surface area (Å²) in [5.41, 5.74) is 15.1. The molecule has 0 saturated heterocycles. The molecule has 5 heteroatoms. The molecule has 2 aromatic carbocycles. The van der Waals surface area contributed by atoms with E-state index < -0.39 is 0 Å². The molecule has 0 fully saturated rings. The van der Waals surface area contributed by atoms with Crippen LogP contribution in [0.1, 0.15) is 16.8 Å². The number of aromatic nitrogens is 1. The van der Waals surface area contributed by atoms with Crippen LogP contribution in [-0.2, 0) is 6.54 Å². The van der Waals surface area contributed by atoms with Crippen LogP contribution in [0.15, 0.2) is 59.6 Å². The highest BCUT2D eigenvalue weighted by Gasteiger charge is 2.04. The van der Waals surface area contributed by atoms with E-state index in [1.165, 1.54) is 0 Å². The van der Waals surface area contributed by atoms with Crippen molar-refractivity contribution in [3.05, 3.63) is 71.4 Å². The number of amidine groups is 2. The first-order valence-corrected chi connectivity index (χ1v) is 6.95. The van der Waals surface area contributed by atoms with Crippen molar-refractivity contribution >= 4 is 22.6 Å². The Labute approximate surface area is 128 Å². The molecule has 3 aromatic rings. The van der Waals surface area contributed by atoms with Gasteiger partial charge in [0.1, 0.15) is 11.7 Å². The van der Waals surface area contributed by atoms with Gasteiger partial charge in [-0.15, -0.1) is 0 Å². The Morgan fingerprint density at radius 2 is 1.77 bits per heavy atom. The molecule has 0 saturated carbocycles. The van der Waals surface area contributed by atoms with Crippen LogP contribution in [0.4, 0.5) is 0 Å². The normalized spacial score (nSPS) is 11.7. The monoisotopic (exact) mass is 291 g/mol. The molecule has 0 atom stereocenters. The minimum Gasteiger partial charge on any atom is -0.384 e. The van der Waals surface area contributed by atoms with Gasteiger partial charge >= 0.3 is 0 Å². The van der Waals surface area contributed by atoms with Crippen LogP contribution >= 0.6 is 0 Å². The van der Waals surface area contributed by atoms with E-state index in [-0.39, 0.29) is 5.84 Å². The van der Waals surface area contributed by atoms with Crippen LogP contribution in [0, 0.1) is 5.41 Å². The Bertz CT molecular complexity index is 810. The second kappa shape index (κ2) is 5.73. The van der Waals surface area contributed by atoms with E-state index in [2.05, 4.69) is 9.98 Å². The zero-order valence-corrected chi connectivity index (χ0v) is 12.0. The van der Waals surface area contributed by atoms with Gasteiger partial charge in [0.05, 0.1) is 12.2 Å². The molecule has 110 valence electrons. The Morgan fingerprint density at radius 3 is 2.45 bits per heavy atom. The van der Waals surface area contributed by atoms with Gasteiger partial charge in [-0.05, 0) is 17.7 Å². The number of nitrogens with two attached hydrogens (primary N) is 2. The number of nitrogens with one attached hydrogen (secondary N) is 2. The minimum absolute atomic E-state index is 0.0626. The molecule has 22 heavy (non-hydrogen) atoms. The smallest absolute Gasteiger partial charge is 0.142 e. The number of para-hydroxylation sites is 1. The number of H-pyrrole nitrogens is 1. The van der Waals surface area contributed by atoms with Gasteiger partial charge in [0.25, 0.3) is 0 Å². The van der Waals surface area contributed by atoms with Crippen LogP contribution in [0.2, 0.25) is 0 Å². The number of rotatable bonds is 4. The molecular formula is C17H17N5. The van der Waals surface area contributed by atoms with Gasteiger partial charge in [0.15, 0.2) is 0 Å². The van der Waals surface area contributed by atoms with Crippen LogP contribution in [0.3, 0.4) is 0 Å². The lowest BCUT2D eigenvalue weighted by atomic mass is 10.1. The number of hydrogen-bond acceptors (Lipinski definition) is 2. The lowest BCUT2D eigenvalue weighted by Crippen LogP contribution is -2.14. The third-order valence-corrected chi connectivity index (χ3v) is 3.50. The van der Waals surface area contributed by atoms with Crippen molar-refractivity contribution in [3.63, 3.8) is 0 Å². The summed E-state index contributed by atoms with van der Waals surface area (Å²) in [6.07, 6.45) is 0. The summed E-state index contributed by atoms with van der Waals surface area (Å²) in [6.45, 7) is 0.485. The third-order valence-electron chi connectivity index (χ3n) is 3.50. The number of aromatic amines is 1. The lowest BCUT2D eigenvalue weighted by molar-refractivity contribution is 1.06. The zero-order valence-electron chi connectivity index (χ0n) is 12.0. The standard InChI is InChI=1S/C17H17N5/c18-16(19)12-7-5-11(6-8-12)10-21-17(20)15-9-13-3-1-2-4-14(13)22-15/h1-9,22H,10H2,(H3,18,19)(H2,20,21). The summed E-state index contributed by atoms with van der Waals surface area (Å²) >= 11 is 0. The zero-order chi connectivity index (χ0) is 15.5. The summed E-state index contributed by atoms with van der Waals surface area (Å²) < 4.78 is 0. The molecule has 0 aliphatic heterocycles. The van der Waals surface area contributed by atoms with Gasteiger partial charge in [-0.25, -0.2) is 0 Å². The average molecular weight is 291 g/mol. The van der Waals surface area contributed by atoms with E-state index >= 15 is 0 Å². The maximum atomic E-state index is 7.37. The average Bonchev–Trinajstić information content (AvgIpc) is 2.97. The van der Waals surface area contributed by atoms with Crippen molar-refractivity contribution in [2.45, 2.75) is 6.54 Å². The molecule has 3 rings (SSSR count). The molecule has 1 heterocycles. The highest BCUT2D eigenvalue weighted by atomic mass is 14.9. The third kappa shape index (κ3) is 2.83. The molecule has 1 aromatic heterocycles. The van der Waals surface area contributed by atoms with Crippen LogP contribution < -0.4 is 11.5 Å². The Morgan fingerprint density at radius 1 is 1.05 bits per heavy atom. The van der Waals surface area contributed by atoms with Crippen molar-refractivity contribution in [1.82, 2.24) is 4.98 Å². The number of fused-ring (bicyclic) bond motifs is 1. The van der Waals surface area contributed by atoms with E-state index in [1.807, 2.05) is 54.6 Å². The second-order valence-corrected chi connectivity index (χ2v) is 5.08. The van der Waals surface area contributed by atoms with Crippen LogP contribution in [0.5, 0.6) is 0 Å². The van der Waals surface area contributed by atoms with Crippen molar-refractivity contribution in [2.24, 2.45) is 16.5 Å². The first-order chi connectivity index (χ1) is 10.6. The van der Waals surface area contributed by atoms with Crippen LogP contribution in [-0.4, -0.2) is 16.7 Å². The maximum absolute atomic E-state index is 7.37. The Kier molecular flexibility index (Phi) is 3.62. The molecule has 0 radical (unpaired) electrons. The topological polar surface area (TPSA) is 104 Å². The summed E-state index contributed by atoms with van der Waals surface area (Å²) in [7, 11) is 0. The number of benzene rings is 2. The molecule has 0 aliphatic rings. The van der Waals surface area contributed by atoms with E-state index in [0.29, 0.717) is 17.9 Å². The van der Waals surface area contributed by atoms with Gasteiger partial charge < -0.3 is 16.5 Å². The Hall–Kier alpha value is -3.08. The largest absolute Gasteiger partial charge is 0.384 e. The number of hydrogen-bond donors (Lipinski definition) is 4. The maximum Gasteiger partial charge on any atom is 0.142 e. The second-order valence-electron chi connectivity index (χ2n) is 5.08. The van der Waals surface area contributed by atoms with Gasteiger partial charge in [0.2, 0.25) is 0 Å². The first kappa shape index (κ1) is 13.9. The summed E-state index contributed by atoms with van der Waals surface area (Å²) in [4.78, 5) is 7.67.